The van der Waals surface area contributed by atoms with Crippen LogP contribution in [0.4, 0.5) is 11.5 Å². The normalized spacial score (nSPS) is 11.6. The maximum atomic E-state index is 12.4. The SMILES string of the molecule is CCn1cc(S(=O)(=O)Nc2cc(C)c(Br)c(C)c2)c(N)n1. The molecule has 21 heavy (non-hydrogen) atoms. The number of nitrogens with one attached hydrogen (secondary N) is 1. The van der Waals surface area contributed by atoms with Gasteiger partial charge in [0.05, 0.1) is 0 Å². The van der Waals surface area contributed by atoms with Crippen LogP contribution in [0, 0.1) is 13.8 Å². The second kappa shape index (κ2) is 5.69. The number of aromatic nitrogens is 2. The third kappa shape index (κ3) is 3.21. The molecule has 0 radical (unpaired) electrons. The highest BCUT2D eigenvalue weighted by molar-refractivity contribution is 9.10. The van der Waals surface area contributed by atoms with Gasteiger partial charge in [0.1, 0.15) is 4.90 Å². The van der Waals surface area contributed by atoms with Gasteiger partial charge in [0.2, 0.25) is 0 Å². The second-order valence-electron chi connectivity index (χ2n) is 4.76. The van der Waals surface area contributed by atoms with Gasteiger partial charge < -0.3 is 5.73 Å². The van der Waals surface area contributed by atoms with E-state index in [1.807, 2.05) is 20.8 Å². The summed E-state index contributed by atoms with van der Waals surface area (Å²) in [5.41, 5.74) is 8.08. The van der Waals surface area contributed by atoms with Crippen molar-refractivity contribution in [1.82, 2.24) is 9.78 Å². The van der Waals surface area contributed by atoms with E-state index in [2.05, 4.69) is 25.8 Å². The van der Waals surface area contributed by atoms with Crippen molar-refractivity contribution >= 4 is 37.5 Å². The molecule has 0 saturated carbocycles. The first-order valence-corrected chi connectivity index (χ1v) is 8.64. The Labute approximate surface area is 132 Å². The first-order valence-electron chi connectivity index (χ1n) is 6.37. The van der Waals surface area contributed by atoms with E-state index in [1.54, 1.807) is 12.1 Å². The van der Waals surface area contributed by atoms with E-state index in [0.29, 0.717) is 12.2 Å². The molecule has 0 aliphatic rings. The number of rotatable bonds is 4. The van der Waals surface area contributed by atoms with Crippen LogP contribution in [0.15, 0.2) is 27.7 Å². The van der Waals surface area contributed by atoms with Crippen LogP contribution in [0.25, 0.3) is 0 Å². The quantitative estimate of drug-likeness (QED) is 0.862. The zero-order valence-electron chi connectivity index (χ0n) is 12.0. The van der Waals surface area contributed by atoms with Crippen molar-refractivity contribution in [1.29, 1.82) is 0 Å². The lowest BCUT2D eigenvalue weighted by atomic mass is 10.1. The zero-order chi connectivity index (χ0) is 15.8. The van der Waals surface area contributed by atoms with Crippen molar-refractivity contribution in [3.8, 4) is 0 Å². The molecular formula is C13H17BrN4O2S. The Kier molecular flexibility index (Phi) is 4.29. The average molecular weight is 373 g/mol. The zero-order valence-corrected chi connectivity index (χ0v) is 14.4. The van der Waals surface area contributed by atoms with Crippen LogP contribution in [0.5, 0.6) is 0 Å². The van der Waals surface area contributed by atoms with Crippen molar-refractivity contribution in [2.75, 3.05) is 10.5 Å². The molecule has 1 heterocycles. The molecule has 0 aliphatic heterocycles. The number of anilines is 2. The number of hydrogen-bond acceptors (Lipinski definition) is 4. The smallest absolute Gasteiger partial charge is 0.267 e. The molecule has 1 aromatic carbocycles. The molecule has 0 spiro atoms. The predicted octanol–water partition coefficient (Wildman–Crippen LogP) is 2.67. The lowest BCUT2D eigenvalue weighted by Crippen LogP contribution is -2.14. The lowest BCUT2D eigenvalue weighted by molar-refractivity contribution is 0.600. The first-order chi connectivity index (χ1) is 9.74. The monoisotopic (exact) mass is 372 g/mol. The van der Waals surface area contributed by atoms with Gasteiger partial charge in [0.15, 0.2) is 5.82 Å². The van der Waals surface area contributed by atoms with Crippen molar-refractivity contribution in [2.45, 2.75) is 32.2 Å². The highest BCUT2D eigenvalue weighted by atomic mass is 79.9. The Hall–Kier alpha value is -1.54. The number of nitrogen functional groups attached to an aromatic ring is 1. The summed E-state index contributed by atoms with van der Waals surface area (Å²) >= 11 is 3.45. The largest absolute Gasteiger partial charge is 0.381 e. The predicted molar refractivity (Wildman–Crippen MR) is 86.7 cm³/mol. The highest BCUT2D eigenvalue weighted by Gasteiger charge is 2.21. The van der Waals surface area contributed by atoms with Gasteiger partial charge in [-0.2, -0.15) is 5.10 Å². The fourth-order valence-corrected chi connectivity index (χ4v) is 3.35. The third-order valence-corrected chi connectivity index (χ3v) is 5.71. The van der Waals surface area contributed by atoms with Gasteiger partial charge in [-0.05, 0) is 44.0 Å². The van der Waals surface area contributed by atoms with Crippen LogP contribution in [0.3, 0.4) is 0 Å². The third-order valence-electron chi connectivity index (χ3n) is 3.06. The number of benzene rings is 1. The maximum absolute atomic E-state index is 12.4. The second-order valence-corrected chi connectivity index (χ2v) is 7.21. The van der Waals surface area contributed by atoms with Crippen LogP contribution in [0.1, 0.15) is 18.1 Å². The molecule has 114 valence electrons. The van der Waals surface area contributed by atoms with Crippen LogP contribution < -0.4 is 10.5 Å². The van der Waals surface area contributed by atoms with Crippen molar-refractivity contribution < 1.29 is 8.42 Å². The number of nitrogens with two attached hydrogens (primary N) is 1. The Bertz CT molecular complexity index is 760. The van der Waals surface area contributed by atoms with Crippen molar-refractivity contribution in [3.05, 3.63) is 33.9 Å². The van der Waals surface area contributed by atoms with E-state index in [4.69, 9.17) is 5.73 Å². The molecule has 2 rings (SSSR count). The van der Waals surface area contributed by atoms with Crippen molar-refractivity contribution in [3.63, 3.8) is 0 Å². The van der Waals surface area contributed by atoms with Gasteiger partial charge >= 0.3 is 0 Å². The fraction of sp³-hybridized carbons (Fsp3) is 0.308. The Morgan fingerprint density at radius 3 is 2.38 bits per heavy atom. The van der Waals surface area contributed by atoms with Gasteiger partial charge in [-0.15, -0.1) is 0 Å². The Morgan fingerprint density at radius 2 is 1.90 bits per heavy atom. The molecule has 0 atom stereocenters. The summed E-state index contributed by atoms with van der Waals surface area (Å²) in [5.74, 6) is -0.00472. The molecule has 0 saturated heterocycles. The number of aryl methyl sites for hydroxylation is 3. The van der Waals surface area contributed by atoms with E-state index in [0.717, 1.165) is 15.6 Å². The van der Waals surface area contributed by atoms with Gasteiger partial charge in [-0.1, -0.05) is 15.9 Å². The van der Waals surface area contributed by atoms with Gasteiger partial charge in [-0.3, -0.25) is 9.40 Å². The molecule has 6 nitrogen and oxygen atoms in total. The topological polar surface area (TPSA) is 90.0 Å². The molecule has 0 bridgehead atoms. The molecule has 0 fully saturated rings. The number of nitrogens with zero attached hydrogens (tertiary/aromatic N) is 2. The molecule has 0 amide bonds. The first kappa shape index (κ1) is 15.8. The van der Waals surface area contributed by atoms with E-state index in [9.17, 15) is 8.42 Å². The van der Waals surface area contributed by atoms with E-state index in [-0.39, 0.29) is 10.7 Å². The molecule has 2 aromatic rings. The molecule has 0 aliphatic carbocycles. The molecule has 8 heteroatoms. The summed E-state index contributed by atoms with van der Waals surface area (Å²) in [6.07, 6.45) is 1.43. The minimum absolute atomic E-state index is 0.00472. The molecular weight excluding hydrogens is 356 g/mol. The Morgan fingerprint density at radius 1 is 1.33 bits per heavy atom. The molecule has 1 aromatic heterocycles. The van der Waals surface area contributed by atoms with Gasteiger partial charge in [-0.25, -0.2) is 8.42 Å². The summed E-state index contributed by atoms with van der Waals surface area (Å²) in [4.78, 5) is -0.0115. The van der Waals surface area contributed by atoms with Crippen LogP contribution >= 0.6 is 15.9 Å². The Balaban J connectivity index is 2.39. The van der Waals surface area contributed by atoms with E-state index >= 15 is 0 Å². The summed E-state index contributed by atoms with van der Waals surface area (Å²) in [7, 11) is -3.75. The number of halogens is 1. The molecule has 3 N–H and O–H groups in total. The van der Waals surface area contributed by atoms with Crippen LogP contribution in [-0.4, -0.2) is 18.2 Å². The van der Waals surface area contributed by atoms with Gasteiger partial charge in [0, 0.05) is 22.9 Å². The standard InChI is InChI=1S/C13H17BrN4O2S/c1-4-18-7-11(13(15)16-18)21(19,20)17-10-5-8(2)12(14)9(3)6-10/h5-7,17H,4H2,1-3H3,(H2,15,16). The summed E-state index contributed by atoms with van der Waals surface area (Å²) < 4.78 is 29.8. The summed E-state index contributed by atoms with van der Waals surface area (Å²) in [5, 5.41) is 3.95. The van der Waals surface area contributed by atoms with Crippen LogP contribution in [-0.2, 0) is 16.6 Å². The minimum Gasteiger partial charge on any atom is -0.381 e. The highest BCUT2D eigenvalue weighted by Crippen LogP contribution is 2.27. The molecule has 0 unspecified atom stereocenters. The van der Waals surface area contributed by atoms with Crippen molar-refractivity contribution in [2.24, 2.45) is 0 Å². The minimum atomic E-state index is -3.75. The van der Waals surface area contributed by atoms with Gasteiger partial charge in [0.25, 0.3) is 10.0 Å². The summed E-state index contributed by atoms with van der Waals surface area (Å²) in [6.45, 7) is 6.21. The maximum Gasteiger partial charge on any atom is 0.267 e. The van der Waals surface area contributed by atoms with E-state index < -0.39 is 10.0 Å². The number of sulfonamides is 1. The average Bonchev–Trinajstić information content (AvgIpc) is 2.77. The summed E-state index contributed by atoms with van der Waals surface area (Å²) in [6, 6.07) is 3.52. The fourth-order valence-electron chi connectivity index (χ4n) is 2.00. The van der Waals surface area contributed by atoms with Crippen LogP contribution in [0.2, 0.25) is 0 Å². The number of hydrogen-bond donors (Lipinski definition) is 2. The van der Waals surface area contributed by atoms with E-state index in [1.165, 1.54) is 10.9 Å². The lowest BCUT2D eigenvalue weighted by Gasteiger charge is -2.10.